The van der Waals surface area contributed by atoms with Gasteiger partial charge in [0.15, 0.2) is 0 Å². The molecule has 5 aliphatic rings. The molecule has 5 aliphatic carbocycles. The maximum atomic E-state index is 2.57. The number of para-hydroxylation sites is 1. The summed E-state index contributed by atoms with van der Waals surface area (Å²) >= 11 is 0. The second-order valence-electron chi connectivity index (χ2n) is 25.7. The first kappa shape index (κ1) is 48.0. The fraction of sp³-hybridized carbons (Fsp3) is 0.179. The van der Waals surface area contributed by atoms with Crippen LogP contribution in [0.25, 0.3) is 60.9 Å². The quantitative estimate of drug-likeness (QED) is 0.158. The Balaban J connectivity index is 0.917. The van der Waals surface area contributed by atoms with E-state index in [2.05, 4.69) is 300 Å². The number of allylic oxidation sites excluding steroid dienone is 3. The summed E-state index contributed by atoms with van der Waals surface area (Å²) < 4.78 is 2.47. The SMILES string of the molecule is CC1(C)C2=CC(N(c3ccc4c(c3)C(C)(C)c3ccccc3-4)c3ccc4c(c3)c3cc(N(c5ccc6c(c5)C(C)(C)c5ccccc5-6)c5ccc6c(c5)C(C)(C)c5ccccc5-6)ccc3n4-c3ccccc3)=CCC2c2ccccc21. The average Bonchev–Trinajstić information content (AvgIpc) is 4.17. The van der Waals surface area contributed by atoms with E-state index in [-0.39, 0.29) is 21.7 Å². The Hall–Kier alpha value is -8.92. The van der Waals surface area contributed by atoms with Gasteiger partial charge >= 0.3 is 0 Å². The zero-order valence-corrected chi connectivity index (χ0v) is 47.6. The van der Waals surface area contributed by atoms with Crippen molar-refractivity contribution in [2.45, 2.75) is 89.4 Å². The van der Waals surface area contributed by atoms with Gasteiger partial charge in [0.25, 0.3) is 0 Å². The first-order valence-corrected chi connectivity index (χ1v) is 29.2. The highest BCUT2D eigenvalue weighted by atomic mass is 15.2. The van der Waals surface area contributed by atoms with E-state index in [0.29, 0.717) is 5.92 Å². The van der Waals surface area contributed by atoms with Gasteiger partial charge in [-0.15, -0.1) is 0 Å². The molecule has 0 saturated carbocycles. The Morgan fingerprint density at radius 1 is 0.346 bits per heavy atom. The van der Waals surface area contributed by atoms with Crippen LogP contribution in [-0.2, 0) is 21.7 Å². The molecule has 0 N–H and O–H groups in total. The monoisotopic (exact) mass is 1040 g/mol. The maximum absolute atomic E-state index is 2.57. The zero-order valence-electron chi connectivity index (χ0n) is 47.6. The molecule has 0 amide bonds. The van der Waals surface area contributed by atoms with Crippen LogP contribution in [0.2, 0.25) is 0 Å². The van der Waals surface area contributed by atoms with Crippen LogP contribution in [0.15, 0.2) is 242 Å². The van der Waals surface area contributed by atoms with Crippen molar-refractivity contribution in [1.82, 2.24) is 4.57 Å². The third kappa shape index (κ3) is 6.70. The highest BCUT2D eigenvalue weighted by molar-refractivity contribution is 6.12. The number of benzene rings is 10. The van der Waals surface area contributed by atoms with Gasteiger partial charge in [0.05, 0.1) is 11.0 Å². The molecule has 3 nitrogen and oxygen atoms in total. The lowest BCUT2D eigenvalue weighted by atomic mass is 9.78. The molecule has 1 unspecified atom stereocenters. The van der Waals surface area contributed by atoms with E-state index in [4.69, 9.17) is 0 Å². The lowest BCUT2D eigenvalue weighted by molar-refractivity contribution is 0.609. The summed E-state index contributed by atoms with van der Waals surface area (Å²) in [5.41, 5.74) is 30.5. The molecule has 81 heavy (non-hydrogen) atoms. The maximum Gasteiger partial charge on any atom is 0.0542 e. The Kier molecular flexibility index (Phi) is 9.97. The largest absolute Gasteiger partial charge is 0.311 e. The van der Waals surface area contributed by atoms with E-state index in [1.165, 1.54) is 117 Å². The van der Waals surface area contributed by atoms with Crippen molar-refractivity contribution in [2.24, 2.45) is 0 Å². The van der Waals surface area contributed by atoms with Crippen molar-refractivity contribution in [3.8, 4) is 39.1 Å². The van der Waals surface area contributed by atoms with Gasteiger partial charge in [-0.1, -0.05) is 200 Å². The van der Waals surface area contributed by atoms with Crippen LogP contribution in [0.4, 0.5) is 28.4 Å². The Labute approximate surface area is 476 Å². The van der Waals surface area contributed by atoms with E-state index >= 15 is 0 Å². The normalized spacial score (nSPS) is 17.5. The predicted molar refractivity (Wildman–Crippen MR) is 340 cm³/mol. The number of rotatable bonds is 7. The average molecular weight is 1040 g/mol. The molecule has 0 radical (unpaired) electrons. The molecule has 10 aromatic carbocycles. The van der Waals surface area contributed by atoms with E-state index in [1.807, 2.05) is 0 Å². The van der Waals surface area contributed by atoms with Crippen molar-refractivity contribution < 1.29 is 0 Å². The van der Waals surface area contributed by atoms with E-state index in [9.17, 15) is 0 Å². The number of fused-ring (bicyclic) bond motifs is 15. The standard InChI is InChI=1S/C78H65N3/c1-75(2)65-26-16-12-22-55(65)59-36-30-51(44-69(59)75)79(52-31-37-60-56-23-13-17-27-66(56)76(3,4)70(60)45-52)49-34-40-73-63(42-49)64-43-50(35-41-74(64)81(73)48-20-10-9-11-21-48)80(53-32-38-61-57-24-14-18-28-67(57)77(5,6)71(61)46-53)54-33-39-62-58-25-15-19-29-68(58)78(7,8)72(62)47-54/h9-38,40-47,62H,39H2,1-8H3. The third-order valence-electron chi connectivity index (χ3n) is 20.0. The molecule has 1 aromatic heterocycles. The molecule has 0 saturated heterocycles. The second-order valence-corrected chi connectivity index (χ2v) is 25.7. The number of nitrogens with zero attached hydrogens (tertiary/aromatic N) is 3. The minimum Gasteiger partial charge on any atom is -0.311 e. The van der Waals surface area contributed by atoms with Crippen molar-refractivity contribution in [3.05, 3.63) is 286 Å². The Bertz CT molecular complexity index is 4460. The van der Waals surface area contributed by atoms with Crippen LogP contribution in [0, 0.1) is 0 Å². The first-order valence-electron chi connectivity index (χ1n) is 29.2. The summed E-state index contributed by atoms with van der Waals surface area (Å²) in [5, 5.41) is 2.41. The fourth-order valence-electron chi connectivity index (χ4n) is 15.8. The lowest BCUT2D eigenvalue weighted by Crippen LogP contribution is -2.23. The van der Waals surface area contributed by atoms with Gasteiger partial charge < -0.3 is 14.4 Å². The molecule has 3 heteroatoms. The topological polar surface area (TPSA) is 11.4 Å². The van der Waals surface area contributed by atoms with Crippen molar-refractivity contribution in [2.75, 3.05) is 9.80 Å². The second kappa shape index (κ2) is 16.8. The molecule has 0 aliphatic heterocycles. The molecule has 11 aromatic rings. The number of anilines is 5. The van der Waals surface area contributed by atoms with Gasteiger partial charge in [-0.2, -0.15) is 0 Å². The van der Waals surface area contributed by atoms with Gasteiger partial charge in [0, 0.05) is 78.2 Å². The van der Waals surface area contributed by atoms with Gasteiger partial charge in [-0.3, -0.25) is 0 Å². The van der Waals surface area contributed by atoms with Crippen LogP contribution >= 0.6 is 0 Å². The molecule has 0 fully saturated rings. The highest BCUT2D eigenvalue weighted by Crippen LogP contribution is 2.57. The van der Waals surface area contributed by atoms with Crippen LogP contribution < -0.4 is 9.80 Å². The van der Waals surface area contributed by atoms with Gasteiger partial charge in [0.1, 0.15) is 0 Å². The molecule has 1 heterocycles. The molecule has 0 bridgehead atoms. The smallest absolute Gasteiger partial charge is 0.0542 e. The van der Waals surface area contributed by atoms with E-state index in [0.717, 1.165) is 34.9 Å². The molecule has 0 spiro atoms. The number of aromatic nitrogens is 1. The molecule has 16 rings (SSSR count). The van der Waals surface area contributed by atoms with Crippen molar-refractivity contribution in [3.63, 3.8) is 0 Å². The Morgan fingerprint density at radius 2 is 0.728 bits per heavy atom. The summed E-state index contributed by atoms with van der Waals surface area (Å²) in [6, 6.07) is 83.2. The van der Waals surface area contributed by atoms with Crippen LogP contribution in [0.3, 0.4) is 0 Å². The molecular formula is C78H65N3. The predicted octanol–water partition coefficient (Wildman–Crippen LogP) is 20.6. The van der Waals surface area contributed by atoms with Crippen molar-refractivity contribution >= 4 is 50.2 Å². The van der Waals surface area contributed by atoms with Crippen LogP contribution in [0.1, 0.15) is 112 Å². The number of hydrogen-bond acceptors (Lipinski definition) is 2. The molecular weight excluding hydrogens is 979 g/mol. The van der Waals surface area contributed by atoms with Gasteiger partial charge in [0.2, 0.25) is 0 Å². The summed E-state index contributed by atoms with van der Waals surface area (Å²) in [6.45, 7) is 19.2. The minimum atomic E-state index is -0.162. The first-order chi connectivity index (χ1) is 39.2. The minimum absolute atomic E-state index is 0.0967. The molecule has 1 atom stereocenters. The third-order valence-corrected chi connectivity index (χ3v) is 20.0. The summed E-state index contributed by atoms with van der Waals surface area (Å²) in [6.07, 6.45) is 6.01. The van der Waals surface area contributed by atoms with Crippen LogP contribution in [0.5, 0.6) is 0 Å². The summed E-state index contributed by atoms with van der Waals surface area (Å²) in [5.74, 6) is 0.363. The summed E-state index contributed by atoms with van der Waals surface area (Å²) in [7, 11) is 0. The van der Waals surface area contributed by atoms with E-state index in [1.54, 1.807) is 0 Å². The zero-order chi connectivity index (χ0) is 54.9. The van der Waals surface area contributed by atoms with Crippen molar-refractivity contribution in [1.29, 1.82) is 0 Å². The highest BCUT2D eigenvalue weighted by Gasteiger charge is 2.44. The van der Waals surface area contributed by atoms with Gasteiger partial charge in [-0.05, 0) is 175 Å². The summed E-state index contributed by atoms with van der Waals surface area (Å²) in [4.78, 5) is 5.10. The van der Waals surface area contributed by atoms with E-state index < -0.39 is 0 Å². The molecule has 392 valence electrons. The lowest BCUT2D eigenvalue weighted by Gasteiger charge is -2.33. The fourth-order valence-corrected chi connectivity index (χ4v) is 15.8. The Morgan fingerprint density at radius 3 is 1.22 bits per heavy atom. The van der Waals surface area contributed by atoms with Gasteiger partial charge in [-0.25, -0.2) is 0 Å². The van der Waals surface area contributed by atoms with Crippen LogP contribution in [-0.4, -0.2) is 4.57 Å². The number of hydrogen-bond donors (Lipinski definition) is 0.